The highest BCUT2D eigenvalue weighted by Crippen LogP contribution is 2.32. The first-order valence-corrected chi connectivity index (χ1v) is 15.8. The molecule has 3 aromatic rings. The number of rotatable bonds is 9. The summed E-state index contributed by atoms with van der Waals surface area (Å²) in [6, 6.07) is 23.0. The Morgan fingerprint density at radius 2 is 1.54 bits per heavy atom. The lowest BCUT2D eigenvalue weighted by Crippen LogP contribution is -2.47. The van der Waals surface area contributed by atoms with Gasteiger partial charge in [0, 0.05) is 37.2 Å². The molecule has 1 N–H and O–H groups in total. The number of halogens is 1. The highest BCUT2D eigenvalue weighted by atomic mass is 35.5. The zero-order chi connectivity index (χ0) is 27.2. The van der Waals surface area contributed by atoms with Crippen LogP contribution in [0.5, 0.6) is 5.75 Å². The number of hydrogen-bond donors (Lipinski definition) is 1. The minimum atomic E-state index is -3.52. The number of piperazine rings is 1. The average Bonchev–Trinajstić information content (AvgIpc) is 2.97. The van der Waals surface area contributed by atoms with E-state index >= 15 is 0 Å². The summed E-state index contributed by atoms with van der Waals surface area (Å²) in [6.45, 7) is 5.05. The lowest BCUT2D eigenvalue weighted by molar-refractivity contribution is 0.214. The van der Waals surface area contributed by atoms with Crippen LogP contribution in [-0.4, -0.2) is 59.2 Å². The van der Waals surface area contributed by atoms with Crippen LogP contribution in [0, 0.1) is 5.92 Å². The quantitative estimate of drug-likeness (QED) is 0.340. The van der Waals surface area contributed by atoms with Gasteiger partial charge in [0.05, 0.1) is 17.7 Å². The first kappa shape index (κ1) is 28.0. The van der Waals surface area contributed by atoms with Crippen LogP contribution in [-0.2, 0) is 10.0 Å². The Balaban J connectivity index is 1.05. The Morgan fingerprint density at radius 1 is 0.872 bits per heavy atom. The van der Waals surface area contributed by atoms with Crippen LogP contribution in [0.3, 0.4) is 0 Å². The van der Waals surface area contributed by atoms with Crippen LogP contribution in [0.4, 0.5) is 5.69 Å². The molecule has 0 spiro atoms. The van der Waals surface area contributed by atoms with Crippen molar-refractivity contribution in [2.24, 2.45) is 5.92 Å². The van der Waals surface area contributed by atoms with Crippen LogP contribution < -0.4 is 14.4 Å². The maximum atomic E-state index is 13.0. The van der Waals surface area contributed by atoms with E-state index < -0.39 is 10.0 Å². The summed E-state index contributed by atoms with van der Waals surface area (Å²) in [7, 11) is -1.82. The van der Waals surface area contributed by atoms with Crippen molar-refractivity contribution in [1.29, 1.82) is 0 Å². The number of hydrogen-bond acceptors (Lipinski definition) is 5. The molecule has 1 heterocycles. The van der Waals surface area contributed by atoms with Crippen molar-refractivity contribution in [3.8, 4) is 16.9 Å². The number of nitrogens with one attached hydrogen (secondary N) is 1. The van der Waals surface area contributed by atoms with Crippen LogP contribution in [0.15, 0.2) is 77.7 Å². The molecule has 2 fully saturated rings. The molecule has 3 aromatic carbocycles. The van der Waals surface area contributed by atoms with E-state index in [1.54, 1.807) is 19.2 Å². The lowest BCUT2D eigenvalue weighted by atomic mass is 9.84. The highest BCUT2D eigenvalue weighted by molar-refractivity contribution is 7.89. The van der Waals surface area contributed by atoms with Gasteiger partial charge in [0.1, 0.15) is 5.75 Å². The number of nitrogens with zero attached hydrogens (tertiary/aromatic N) is 2. The van der Waals surface area contributed by atoms with Gasteiger partial charge in [-0.05, 0) is 86.0 Å². The molecule has 39 heavy (non-hydrogen) atoms. The summed E-state index contributed by atoms with van der Waals surface area (Å²) in [5.74, 6) is 1.52. The summed E-state index contributed by atoms with van der Waals surface area (Å²) >= 11 is 6.23. The minimum absolute atomic E-state index is 0.0104. The molecule has 1 aliphatic heterocycles. The van der Waals surface area contributed by atoms with E-state index in [-0.39, 0.29) is 6.04 Å². The molecule has 0 amide bonds. The molecule has 0 bridgehead atoms. The number of benzene rings is 3. The summed E-state index contributed by atoms with van der Waals surface area (Å²) in [5, 5.41) is 0.729. The third-order valence-corrected chi connectivity index (χ3v) is 9.92. The molecule has 1 saturated heterocycles. The maximum Gasteiger partial charge on any atom is 0.240 e. The van der Waals surface area contributed by atoms with E-state index in [0.29, 0.717) is 10.8 Å². The molecule has 6 nitrogen and oxygen atoms in total. The third-order valence-electron chi connectivity index (χ3n) is 8.15. The fourth-order valence-corrected chi connectivity index (χ4v) is 7.27. The SMILES string of the molecule is COc1ccc(Cl)cc1N1CCN(CCC2CCC(NS(=O)(=O)c3ccc(-c4ccccc4)cc3)CC2)CC1. The van der Waals surface area contributed by atoms with Crippen LogP contribution in [0.1, 0.15) is 32.1 Å². The molecule has 0 aromatic heterocycles. The van der Waals surface area contributed by atoms with Gasteiger partial charge in [0.15, 0.2) is 0 Å². The van der Waals surface area contributed by atoms with Gasteiger partial charge < -0.3 is 9.64 Å². The van der Waals surface area contributed by atoms with Crippen molar-refractivity contribution in [1.82, 2.24) is 9.62 Å². The summed E-state index contributed by atoms with van der Waals surface area (Å²) in [5.41, 5.74) is 3.16. The zero-order valence-electron chi connectivity index (χ0n) is 22.6. The number of anilines is 1. The highest BCUT2D eigenvalue weighted by Gasteiger charge is 2.27. The molecule has 1 aliphatic carbocycles. The second kappa shape index (κ2) is 12.7. The number of sulfonamides is 1. The van der Waals surface area contributed by atoms with Crippen molar-refractivity contribution in [3.05, 3.63) is 77.8 Å². The third kappa shape index (κ3) is 7.14. The molecular formula is C31H38ClN3O3S. The topological polar surface area (TPSA) is 61.9 Å². The van der Waals surface area contributed by atoms with Crippen LogP contribution in [0.2, 0.25) is 5.02 Å². The van der Waals surface area contributed by atoms with E-state index in [4.69, 9.17) is 16.3 Å². The number of methoxy groups -OCH3 is 1. The van der Waals surface area contributed by atoms with Gasteiger partial charge in [0.25, 0.3) is 0 Å². The fourth-order valence-electron chi connectivity index (χ4n) is 5.80. The van der Waals surface area contributed by atoms with Gasteiger partial charge in [-0.2, -0.15) is 0 Å². The van der Waals surface area contributed by atoms with Gasteiger partial charge in [-0.15, -0.1) is 0 Å². The van der Waals surface area contributed by atoms with E-state index in [1.807, 2.05) is 60.7 Å². The largest absolute Gasteiger partial charge is 0.495 e. The van der Waals surface area contributed by atoms with E-state index in [0.717, 1.165) is 86.0 Å². The standard InChI is InChI=1S/C31H38ClN3O3S/c1-38-31-16-11-27(32)23-30(31)35-21-19-34(20-22-35)18-17-24-7-12-28(13-8-24)33-39(36,37)29-14-9-26(10-15-29)25-5-3-2-4-6-25/h2-6,9-11,14-16,23-24,28,33H,7-8,12-13,17-22H2,1H3. The van der Waals surface area contributed by atoms with Crippen molar-refractivity contribution in [3.63, 3.8) is 0 Å². The molecular weight excluding hydrogens is 530 g/mol. The van der Waals surface area contributed by atoms with Gasteiger partial charge in [-0.1, -0.05) is 54.1 Å². The molecule has 0 unspecified atom stereocenters. The molecule has 2 aliphatic rings. The Hall–Kier alpha value is -2.58. The predicted octanol–water partition coefficient (Wildman–Crippen LogP) is 6.07. The second-order valence-electron chi connectivity index (χ2n) is 10.7. The average molecular weight is 568 g/mol. The van der Waals surface area contributed by atoms with Gasteiger partial charge >= 0.3 is 0 Å². The Kier molecular flexibility index (Phi) is 9.13. The second-order valence-corrected chi connectivity index (χ2v) is 12.8. The Labute approximate surface area is 238 Å². The van der Waals surface area contributed by atoms with Crippen molar-refractivity contribution < 1.29 is 13.2 Å². The lowest BCUT2D eigenvalue weighted by Gasteiger charge is -2.37. The maximum absolute atomic E-state index is 13.0. The molecule has 208 valence electrons. The summed E-state index contributed by atoms with van der Waals surface area (Å²) < 4.78 is 34.5. The molecule has 0 radical (unpaired) electrons. The summed E-state index contributed by atoms with van der Waals surface area (Å²) in [6.07, 6.45) is 5.10. The molecule has 0 atom stereocenters. The Morgan fingerprint density at radius 3 is 2.21 bits per heavy atom. The smallest absolute Gasteiger partial charge is 0.240 e. The first-order valence-electron chi connectivity index (χ1n) is 13.9. The van der Waals surface area contributed by atoms with E-state index in [2.05, 4.69) is 14.5 Å². The van der Waals surface area contributed by atoms with Crippen LogP contribution in [0.25, 0.3) is 11.1 Å². The first-order chi connectivity index (χ1) is 18.9. The van der Waals surface area contributed by atoms with Gasteiger partial charge in [-0.3, -0.25) is 4.90 Å². The molecule has 8 heteroatoms. The Bertz CT molecular complexity index is 1320. The van der Waals surface area contributed by atoms with E-state index in [1.165, 1.54) is 6.42 Å². The van der Waals surface area contributed by atoms with Crippen molar-refractivity contribution >= 4 is 27.3 Å². The van der Waals surface area contributed by atoms with Crippen molar-refractivity contribution in [2.45, 2.75) is 43.0 Å². The minimum Gasteiger partial charge on any atom is -0.495 e. The predicted molar refractivity (Wildman–Crippen MR) is 159 cm³/mol. The van der Waals surface area contributed by atoms with Gasteiger partial charge in [0.2, 0.25) is 10.0 Å². The normalized spacial score (nSPS) is 20.6. The fraction of sp³-hybridized carbons (Fsp3) is 0.419. The van der Waals surface area contributed by atoms with Gasteiger partial charge in [-0.25, -0.2) is 13.1 Å². The van der Waals surface area contributed by atoms with Crippen molar-refractivity contribution in [2.75, 3.05) is 44.7 Å². The zero-order valence-corrected chi connectivity index (χ0v) is 24.1. The van der Waals surface area contributed by atoms with E-state index in [9.17, 15) is 8.42 Å². The molecule has 5 rings (SSSR count). The molecule has 1 saturated carbocycles. The number of ether oxygens (including phenoxy) is 1. The monoisotopic (exact) mass is 567 g/mol. The van der Waals surface area contributed by atoms with Crippen LogP contribution >= 0.6 is 11.6 Å². The summed E-state index contributed by atoms with van der Waals surface area (Å²) in [4.78, 5) is 5.23.